The zero-order valence-corrected chi connectivity index (χ0v) is 11.3. The first-order valence-electron chi connectivity index (χ1n) is 6.29. The van der Waals surface area contributed by atoms with Gasteiger partial charge in [0, 0.05) is 18.1 Å². The van der Waals surface area contributed by atoms with E-state index in [0.717, 1.165) is 24.3 Å². The molecule has 1 aromatic heterocycles. The molecule has 0 saturated carbocycles. The van der Waals surface area contributed by atoms with Gasteiger partial charge in [-0.1, -0.05) is 6.92 Å². The largest absolute Gasteiger partial charge is 0.364 e. The Bertz CT molecular complexity index is 383. The third-order valence-electron chi connectivity index (χ3n) is 3.14. The Hall–Kier alpha value is -0.980. The van der Waals surface area contributed by atoms with Gasteiger partial charge in [-0.2, -0.15) is 0 Å². The van der Waals surface area contributed by atoms with E-state index in [2.05, 4.69) is 10.3 Å². The Morgan fingerprint density at radius 1 is 1.72 bits per heavy atom. The van der Waals surface area contributed by atoms with E-state index in [1.165, 1.54) is 0 Å². The number of aromatic nitrogens is 1. The molecule has 0 radical (unpaired) electrons. The van der Waals surface area contributed by atoms with Gasteiger partial charge in [0.2, 0.25) is 5.91 Å². The maximum atomic E-state index is 12.1. The molecule has 3 N–H and O–H groups in total. The van der Waals surface area contributed by atoms with Gasteiger partial charge in [0.15, 0.2) is 0 Å². The molecular weight excluding hydrogens is 250 g/mol. The number of ether oxygens (including phenoxy) is 1. The predicted octanol–water partition coefficient (Wildman–Crippen LogP) is 1.22. The van der Waals surface area contributed by atoms with E-state index >= 15 is 0 Å². The minimum absolute atomic E-state index is 0.0157. The van der Waals surface area contributed by atoms with Crippen LogP contribution in [0.5, 0.6) is 0 Å². The molecule has 0 bridgehead atoms. The molecule has 0 spiro atoms. The third kappa shape index (κ3) is 3.07. The summed E-state index contributed by atoms with van der Waals surface area (Å²) in [5.41, 5.74) is 5.54. The Morgan fingerprint density at radius 2 is 2.56 bits per heavy atom. The molecule has 1 fully saturated rings. The van der Waals surface area contributed by atoms with Crippen molar-refractivity contribution in [3.8, 4) is 0 Å². The molecule has 2 heterocycles. The van der Waals surface area contributed by atoms with E-state index in [-0.39, 0.29) is 24.2 Å². The highest BCUT2D eigenvalue weighted by atomic mass is 32.1. The number of carbonyl (C=O) groups is 1. The van der Waals surface area contributed by atoms with Crippen molar-refractivity contribution in [2.45, 2.75) is 44.4 Å². The van der Waals surface area contributed by atoms with Crippen LogP contribution in [0.1, 0.15) is 37.2 Å². The highest BCUT2D eigenvalue weighted by Crippen LogP contribution is 2.22. The average molecular weight is 269 g/mol. The number of hydrogen-bond donors (Lipinski definition) is 2. The van der Waals surface area contributed by atoms with Crippen molar-refractivity contribution < 1.29 is 9.53 Å². The third-order valence-corrected chi connectivity index (χ3v) is 4.03. The normalized spacial score (nSPS) is 25.0. The molecule has 1 unspecified atom stereocenters. The first-order chi connectivity index (χ1) is 8.74. The lowest BCUT2D eigenvalue weighted by molar-refractivity contribution is -0.132. The Labute approximate surface area is 111 Å². The summed E-state index contributed by atoms with van der Waals surface area (Å²) in [4.78, 5) is 16.3. The second-order valence-corrected chi connectivity index (χ2v) is 5.33. The molecule has 1 amide bonds. The van der Waals surface area contributed by atoms with Gasteiger partial charge in [0.1, 0.15) is 11.1 Å². The second-order valence-electron chi connectivity index (χ2n) is 4.40. The van der Waals surface area contributed by atoms with Crippen LogP contribution in [0.2, 0.25) is 0 Å². The standard InChI is InChI=1S/C12H19N3O2S/c1-2-9(12-14-5-6-18-12)15-11(16)10-4-3-8(7-13)17-10/h5-6,8-10H,2-4,7,13H2,1H3,(H,15,16)/t8-,9?,10+/m1/s1. The van der Waals surface area contributed by atoms with Crippen molar-refractivity contribution >= 4 is 17.2 Å². The molecule has 0 aliphatic carbocycles. The van der Waals surface area contributed by atoms with E-state index in [1.54, 1.807) is 17.5 Å². The Morgan fingerprint density at radius 3 is 3.11 bits per heavy atom. The summed E-state index contributed by atoms with van der Waals surface area (Å²) in [7, 11) is 0. The van der Waals surface area contributed by atoms with Crippen molar-refractivity contribution in [3.63, 3.8) is 0 Å². The summed E-state index contributed by atoms with van der Waals surface area (Å²) in [5.74, 6) is -0.0481. The van der Waals surface area contributed by atoms with Crippen molar-refractivity contribution in [1.29, 1.82) is 0 Å². The van der Waals surface area contributed by atoms with E-state index < -0.39 is 0 Å². The number of hydrogen-bond acceptors (Lipinski definition) is 5. The van der Waals surface area contributed by atoms with Crippen LogP contribution in [0, 0.1) is 0 Å². The lowest BCUT2D eigenvalue weighted by Gasteiger charge is -2.18. The summed E-state index contributed by atoms with van der Waals surface area (Å²) in [6.07, 6.45) is 3.87. The molecule has 0 aromatic carbocycles. The average Bonchev–Trinajstić information content (AvgIpc) is 3.05. The zero-order chi connectivity index (χ0) is 13.0. The molecule has 5 nitrogen and oxygen atoms in total. The molecule has 1 aliphatic heterocycles. The molecule has 2 rings (SSSR count). The van der Waals surface area contributed by atoms with Crippen LogP contribution in [0.4, 0.5) is 0 Å². The van der Waals surface area contributed by atoms with Crippen molar-refractivity contribution in [1.82, 2.24) is 10.3 Å². The summed E-state index contributed by atoms with van der Waals surface area (Å²) >= 11 is 1.56. The number of rotatable bonds is 5. The SMILES string of the molecule is CCC(NC(=O)[C@@H]1CC[C@H](CN)O1)c1nccs1. The number of nitrogens with zero attached hydrogens (tertiary/aromatic N) is 1. The van der Waals surface area contributed by atoms with Gasteiger partial charge in [0.25, 0.3) is 0 Å². The molecular formula is C12H19N3O2S. The van der Waals surface area contributed by atoms with Crippen LogP contribution in [0.3, 0.4) is 0 Å². The quantitative estimate of drug-likeness (QED) is 0.842. The van der Waals surface area contributed by atoms with Gasteiger partial charge in [-0.25, -0.2) is 4.98 Å². The van der Waals surface area contributed by atoms with E-state index in [1.807, 2.05) is 12.3 Å². The highest BCUT2D eigenvalue weighted by molar-refractivity contribution is 7.09. The second kappa shape index (κ2) is 6.26. The zero-order valence-electron chi connectivity index (χ0n) is 10.5. The van der Waals surface area contributed by atoms with Gasteiger partial charge in [0.05, 0.1) is 12.1 Å². The van der Waals surface area contributed by atoms with Crippen LogP contribution in [-0.4, -0.2) is 29.6 Å². The van der Waals surface area contributed by atoms with Crippen molar-refractivity contribution in [3.05, 3.63) is 16.6 Å². The number of amides is 1. The minimum Gasteiger partial charge on any atom is -0.364 e. The molecule has 1 aliphatic rings. The van der Waals surface area contributed by atoms with E-state index in [4.69, 9.17) is 10.5 Å². The summed E-state index contributed by atoms with van der Waals surface area (Å²) in [5, 5.41) is 5.86. The molecule has 1 aromatic rings. The van der Waals surface area contributed by atoms with Crippen LogP contribution >= 0.6 is 11.3 Å². The molecule has 18 heavy (non-hydrogen) atoms. The molecule has 3 atom stereocenters. The van der Waals surface area contributed by atoms with Gasteiger partial charge in [-0.05, 0) is 19.3 Å². The highest BCUT2D eigenvalue weighted by Gasteiger charge is 2.31. The topological polar surface area (TPSA) is 77.2 Å². The number of carbonyl (C=O) groups excluding carboxylic acids is 1. The first kappa shape index (κ1) is 13.5. The summed E-state index contributed by atoms with van der Waals surface area (Å²) < 4.78 is 5.58. The van der Waals surface area contributed by atoms with Crippen LogP contribution in [0.15, 0.2) is 11.6 Å². The fourth-order valence-electron chi connectivity index (χ4n) is 2.08. The Balaban J connectivity index is 1.90. The van der Waals surface area contributed by atoms with Crippen LogP contribution in [-0.2, 0) is 9.53 Å². The monoisotopic (exact) mass is 269 g/mol. The number of nitrogens with one attached hydrogen (secondary N) is 1. The Kier molecular flexibility index (Phi) is 4.68. The van der Waals surface area contributed by atoms with Crippen molar-refractivity contribution in [2.75, 3.05) is 6.54 Å². The maximum absolute atomic E-state index is 12.1. The summed E-state index contributed by atoms with van der Waals surface area (Å²) in [6, 6.07) is -0.0157. The fourth-order valence-corrected chi connectivity index (χ4v) is 2.85. The van der Waals surface area contributed by atoms with Gasteiger partial charge in [-0.3, -0.25) is 4.79 Å². The fraction of sp³-hybridized carbons (Fsp3) is 0.667. The molecule has 1 saturated heterocycles. The van der Waals surface area contributed by atoms with Crippen LogP contribution < -0.4 is 11.1 Å². The first-order valence-corrected chi connectivity index (χ1v) is 7.17. The van der Waals surface area contributed by atoms with E-state index in [0.29, 0.717) is 6.54 Å². The van der Waals surface area contributed by atoms with E-state index in [9.17, 15) is 4.79 Å². The number of nitrogens with two attached hydrogens (primary N) is 1. The number of thiazole rings is 1. The molecule has 100 valence electrons. The minimum atomic E-state index is -0.354. The smallest absolute Gasteiger partial charge is 0.249 e. The van der Waals surface area contributed by atoms with Crippen molar-refractivity contribution in [2.24, 2.45) is 5.73 Å². The molecule has 6 heteroatoms. The van der Waals surface area contributed by atoms with Gasteiger partial charge in [-0.15, -0.1) is 11.3 Å². The van der Waals surface area contributed by atoms with Gasteiger partial charge >= 0.3 is 0 Å². The summed E-state index contributed by atoms with van der Waals surface area (Å²) in [6.45, 7) is 2.51. The predicted molar refractivity (Wildman–Crippen MR) is 70.2 cm³/mol. The maximum Gasteiger partial charge on any atom is 0.249 e. The van der Waals surface area contributed by atoms with Gasteiger partial charge < -0.3 is 15.8 Å². The lowest BCUT2D eigenvalue weighted by atomic mass is 10.1. The lowest BCUT2D eigenvalue weighted by Crippen LogP contribution is -2.37. The van der Waals surface area contributed by atoms with Crippen LogP contribution in [0.25, 0.3) is 0 Å².